The van der Waals surface area contributed by atoms with E-state index in [1.807, 2.05) is 30.0 Å². The third-order valence-electron chi connectivity index (χ3n) is 3.23. The minimum absolute atomic E-state index is 0.0901. The Morgan fingerprint density at radius 3 is 3.06 bits per heavy atom. The van der Waals surface area contributed by atoms with E-state index in [2.05, 4.69) is 22.9 Å². The van der Waals surface area contributed by atoms with Crippen molar-refractivity contribution < 1.29 is 9.53 Å². The average Bonchev–Trinajstić information content (AvgIpc) is 2.41. The van der Waals surface area contributed by atoms with E-state index in [0.717, 1.165) is 22.0 Å². The van der Waals surface area contributed by atoms with E-state index >= 15 is 0 Å². The molecule has 1 heterocycles. The quantitative estimate of drug-likeness (QED) is 0.840. The Morgan fingerprint density at radius 2 is 2.33 bits per heavy atom. The zero-order valence-corrected chi connectivity index (χ0v) is 12.4. The van der Waals surface area contributed by atoms with Crippen LogP contribution in [0.3, 0.4) is 0 Å². The van der Waals surface area contributed by atoms with E-state index in [1.165, 1.54) is 0 Å². The van der Waals surface area contributed by atoms with Crippen LogP contribution >= 0.6 is 15.9 Å². The molecule has 4 heteroatoms. The number of nitrogens with zero attached hydrogens (tertiary/aromatic N) is 1. The molecule has 0 saturated carbocycles. The summed E-state index contributed by atoms with van der Waals surface area (Å²) in [5, 5.41) is 0. The Labute approximate surface area is 116 Å². The standard InChI is InChI=1S/C14H18BrNO2/c1-3-11-9-16(6-7-18-11)14(17)12-8-10(2)4-5-13(12)15/h4-5,8,11H,3,6-7,9H2,1-2H3. The van der Waals surface area contributed by atoms with Gasteiger partial charge >= 0.3 is 0 Å². The molecule has 0 aliphatic carbocycles. The van der Waals surface area contributed by atoms with Gasteiger partial charge in [-0.2, -0.15) is 0 Å². The summed E-state index contributed by atoms with van der Waals surface area (Å²) in [4.78, 5) is 14.4. The molecule has 98 valence electrons. The lowest BCUT2D eigenvalue weighted by Gasteiger charge is -2.32. The van der Waals surface area contributed by atoms with Crippen LogP contribution in [0.15, 0.2) is 22.7 Å². The monoisotopic (exact) mass is 311 g/mol. The maximum absolute atomic E-state index is 12.5. The number of ether oxygens (including phenoxy) is 1. The lowest BCUT2D eigenvalue weighted by molar-refractivity contribution is -0.0226. The maximum atomic E-state index is 12.5. The van der Waals surface area contributed by atoms with E-state index in [-0.39, 0.29) is 12.0 Å². The van der Waals surface area contributed by atoms with Crippen LogP contribution in [0.5, 0.6) is 0 Å². The molecule has 0 N–H and O–H groups in total. The molecular formula is C14H18BrNO2. The van der Waals surface area contributed by atoms with Gasteiger partial charge in [0.25, 0.3) is 5.91 Å². The van der Waals surface area contributed by atoms with Crippen molar-refractivity contribution in [2.45, 2.75) is 26.4 Å². The van der Waals surface area contributed by atoms with Gasteiger partial charge in [-0.3, -0.25) is 4.79 Å². The van der Waals surface area contributed by atoms with Gasteiger partial charge in [0, 0.05) is 17.6 Å². The summed E-state index contributed by atoms with van der Waals surface area (Å²) in [5.74, 6) is 0.0901. The van der Waals surface area contributed by atoms with E-state index in [0.29, 0.717) is 19.7 Å². The largest absolute Gasteiger partial charge is 0.375 e. The first kappa shape index (κ1) is 13.6. The fraction of sp³-hybridized carbons (Fsp3) is 0.500. The molecule has 0 aromatic heterocycles. The highest BCUT2D eigenvalue weighted by atomic mass is 79.9. The SMILES string of the molecule is CCC1CN(C(=O)c2cc(C)ccc2Br)CCO1. The Morgan fingerprint density at radius 1 is 1.56 bits per heavy atom. The van der Waals surface area contributed by atoms with Crippen LogP contribution < -0.4 is 0 Å². The topological polar surface area (TPSA) is 29.5 Å². The van der Waals surface area contributed by atoms with Crippen LogP contribution in [0.25, 0.3) is 0 Å². The number of hydrogen-bond donors (Lipinski definition) is 0. The predicted octanol–water partition coefficient (Wildman–Crippen LogP) is 3.01. The number of benzene rings is 1. The summed E-state index contributed by atoms with van der Waals surface area (Å²) in [6.07, 6.45) is 1.12. The minimum atomic E-state index is 0.0901. The molecule has 1 unspecified atom stereocenters. The summed E-state index contributed by atoms with van der Waals surface area (Å²) in [6, 6.07) is 5.86. The summed E-state index contributed by atoms with van der Waals surface area (Å²) >= 11 is 3.45. The van der Waals surface area contributed by atoms with Gasteiger partial charge in [-0.05, 0) is 41.4 Å². The van der Waals surface area contributed by atoms with Crippen molar-refractivity contribution in [3.63, 3.8) is 0 Å². The lowest BCUT2D eigenvalue weighted by Crippen LogP contribution is -2.45. The van der Waals surface area contributed by atoms with Gasteiger partial charge in [-0.15, -0.1) is 0 Å². The Hall–Kier alpha value is -0.870. The second-order valence-electron chi connectivity index (χ2n) is 4.64. The van der Waals surface area contributed by atoms with Gasteiger partial charge in [0.1, 0.15) is 0 Å². The first-order valence-electron chi connectivity index (χ1n) is 6.29. The van der Waals surface area contributed by atoms with Gasteiger partial charge in [0.05, 0.1) is 18.3 Å². The summed E-state index contributed by atoms with van der Waals surface area (Å²) in [6.45, 7) is 6.08. The number of aryl methyl sites for hydroxylation is 1. The van der Waals surface area contributed by atoms with Crippen molar-refractivity contribution in [3.8, 4) is 0 Å². The van der Waals surface area contributed by atoms with Gasteiger partial charge in [-0.25, -0.2) is 0 Å². The Kier molecular flexibility index (Phi) is 4.40. The molecule has 1 aliphatic heterocycles. The first-order valence-corrected chi connectivity index (χ1v) is 7.08. The first-order chi connectivity index (χ1) is 8.61. The smallest absolute Gasteiger partial charge is 0.255 e. The second kappa shape index (κ2) is 5.85. The number of halogens is 1. The van der Waals surface area contributed by atoms with E-state index in [4.69, 9.17) is 4.74 Å². The molecule has 1 saturated heterocycles. The summed E-state index contributed by atoms with van der Waals surface area (Å²) < 4.78 is 6.45. The average molecular weight is 312 g/mol. The number of morpholine rings is 1. The van der Waals surface area contributed by atoms with E-state index in [1.54, 1.807) is 0 Å². The predicted molar refractivity (Wildman–Crippen MR) is 74.8 cm³/mol. The third-order valence-corrected chi connectivity index (χ3v) is 3.93. The second-order valence-corrected chi connectivity index (χ2v) is 5.49. The maximum Gasteiger partial charge on any atom is 0.255 e. The molecule has 1 aromatic carbocycles. The van der Waals surface area contributed by atoms with Crippen LogP contribution in [0.2, 0.25) is 0 Å². The van der Waals surface area contributed by atoms with Crippen molar-refractivity contribution in [3.05, 3.63) is 33.8 Å². The van der Waals surface area contributed by atoms with Crippen LogP contribution in [-0.2, 0) is 4.74 Å². The molecule has 1 aromatic rings. The molecule has 18 heavy (non-hydrogen) atoms. The summed E-state index contributed by atoms with van der Waals surface area (Å²) in [5.41, 5.74) is 1.84. The normalized spacial score (nSPS) is 19.9. The number of hydrogen-bond acceptors (Lipinski definition) is 2. The van der Waals surface area contributed by atoms with E-state index < -0.39 is 0 Å². The molecular weight excluding hydrogens is 294 g/mol. The zero-order chi connectivity index (χ0) is 13.1. The highest BCUT2D eigenvalue weighted by molar-refractivity contribution is 9.10. The van der Waals surface area contributed by atoms with Gasteiger partial charge in [0.2, 0.25) is 0 Å². The number of amides is 1. The van der Waals surface area contributed by atoms with Crippen molar-refractivity contribution in [1.29, 1.82) is 0 Å². The molecule has 3 nitrogen and oxygen atoms in total. The minimum Gasteiger partial charge on any atom is -0.375 e. The summed E-state index contributed by atoms with van der Waals surface area (Å²) in [7, 11) is 0. The van der Waals surface area contributed by atoms with Crippen LogP contribution in [0, 0.1) is 6.92 Å². The van der Waals surface area contributed by atoms with Crippen molar-refractivity contribution in [1.82, 2.24) is 4.90 Å². The molecule has 1 amide bonds. The van der Waals surface area contributed by atoms with Crippen LogP contribution in [0.4, 0.5) is 0 Å². The molecule has 1 atom stereocenters. The van der Waals surface area contributed by atoms with Crippen LogP contribution in [-0.4, -0.2) is 36.6 Å². The van der Waals surface area contributed by atoms with E-state index in [9.17, 15) is 4.79 Å². The van der Waals surface area contributed by atoms with Crippen molar-refractivity contribution in [2.24, 2.45) is 0 Å². The molecule has 0 spiro atoms. The van der Waals surface area contributed by atoms with Crippen molar-refractivity contribution >= 4 is 21.8 Å². The van der Waals surface area contributed by atoms with Gasteiger partial charge < -0.3 is 9.64 Å². The lowest BCUT2D eigenvalue weighted by atomic mass is 10.1. The third kappa shape index (κ3) is 2.93. The Balaban J connectivity index is 2.17. The van der Waals surface area contributed by atoms with Gasteiger partial charge in [0.15, 0.2) is 0 Å². The molecule has 1 fully saturated rings. The number of rotatable bonds is 2. The molecule has 1 aliphatic rings. The van der Waals surface area contributed by atoms with Crippen molar-refractivity contribution in [2.75, 3.05) is 19.7 Å². The zero-order valence-electron chi connectivity index (χ0n) is 10.8. The van der Waals surface area contributed by atoms with Crippen LogP contribution in [0.1, 0.15) is 29.3 Å². The Bertz CT molecular complexity index is 447. The number of carbonyl (C=O) groups excluding carboxylic acids is 1. The van der Waals surface area contributed by atoms with Gasteiger partial charge in [-0.1, -0.05) is 18.6 Å². The highest BCUT2D eigenvalue weighted by Crippen LogP contribution is 2.21. The molecule has 2 rings (SSSR count). The molecule has 0 radical (unpaired) electrons. The molecule has 0 bridgehead atoms. The highest BCUT2D eigenvalue weighted by Gasteiger charge is 2.25. The fourth-order valence-corrected chi connectivity index (χ4v) is 2.54. The fourth-order valence-electron chi connectivity index (χ4n) is 2.12. The number of carbonyl (C=O) groups is 1.